The highest BCUT2D eigenvalue weighted by Crippen LogP contribution is 2.37. The third kappa shape index (κ3) is 5.47. The van der Waals surface area contributed by atoms with Gasteiger partial charge in [0.05, 0.1) is 6.54 Å². The van der Waals surface area contributed by atoms with Crippen LogP contribution in [0.1, 0.15) is 66.2 Å². The third-order valence-electron chi connectivity index (χ3n) is 5.71. The van der Waals surface area contributed by atoms with E-state index in [0.717, 1.165) is 25.9 Å². The summed E-state index contributed by atoms with van der Waals surface area (Å²) in [6, 6.07) is 0.656. The Morgan fingerprint density at radius 2 is 1.67 bits per heavy atom. The molecule has 0 aromatic heterocycles. The van der Waals surface area contributed by atoms with Crippen molar-refractivity contribution in [1.82, 2.24) is 15.5 Å². The first-order valence-corrected chi connectivity index (χ1v) is 9.55. The number of nitrogens with one attached hydrogen (secondary N) is 2. The molecule has 1 heterocycles. The molecule has 0 unspecified atom stereocenters. The van der Waals surface area contributed by atoms with Gasteiger partial charge in [-0.25, -0.2) is 0 Å². The van der Waals surface area contributed by atoms with Crippen molar-refractivity contribution in [2.75, 3.05) is 19.6 Å². The molecule has 0 bridgehead atoms. The molecule has 0 aromatic carbocycles. The minimum absolute atomic E-state index is 0.0921. The van der Waals surface area contributed by atoms with Crippen molar-refractivity contribution < 1.29 is 9.59 Å². The summed E-state index contributed by atoms with van der Waals surface area (Å²) in [5.41, 5.74) is 0.286. The molecular weight excluding hydrogens is 302 g/mol. The van der Waals surface area contributed by atoms with Gasteiger partial charge in [-0.05, 0) is 37.0 Å². The standard InChI is InChI=1S/C19H35N3O2/c1-14(23)22-11-9-15(10-12-22)21-18(24)13-20-17-8-6-5-7-16(17)19(2,3)4/h15-17,20H,5-13H2,1-4H3,(H,21,24)/t16-,17+/m0/s1. The SMILES string of the molecule is CC(=O)N1CCC(NC(=O)CN[C@@H]2CCCC[C@@H]2C(C)(C)C)CC1. The summed E-state index contributed by atoms with van der Waals surface area (Å²) in [4.78, 5) is 25.5. The molecule has 2 amide bonds. The molecule has 24 heavy (non-hydrogen) atoms. The summed E-state index contributed by atoms with van der Waals surface area (Å²) in [6.07, 6.45) is 6.72. The number of carbonyl (C=O) groups is 2. The molecule has 2 fully saturated rings. The first kappa shape index (κ1) is 19.2. The summed E-state index contributed by atoms with van der Waals surface area (Å²) in [5, 5.41) is 6.65. The molecule has 1 aliphatic heterocycles. The van der Waals surface area contributed by atoms with Crippen molar-refractivity contribution in [2.24, 2.45) is 11.3 Å². The number of likely N-dealkylation sites (tertiary alicyclic amines) is 1. The van der Waals surface area contributed by atoms with E-state index in [4.69, 9.17) is 0 Å². The van der Waals surface area contributed by atoms with Gasteiger partial charge in [0, 0.05) is 32.1 Å². The van der Waals surface area contributed by atoms with Gasteiger partial charge in [0.2, 0.25) is 11.8 Å². The highest BCUT2D eigenvalue weighted by Gasteiger charge is 2.34. The number of rotatable bonds is 4. The fraction of sp³-hybridized carbons (Fsp3) is 0.895. The largest absolute Gasteiger partial charge is 0.352 e. The third-order valence-corrected chi connectivity index (χ3v) is 5.71. The minimum Gasteiger partial charge on any atom is -0.352 e. The van der Waals surface area contributed by atoms with Crippen LogP contribution in [-0.2, 0) is 9.59 Å². The number of nitrogens with zero attached hydrogens (tertiary/aromatic N) is 1. The zero-order chi connectivity index (χ0) is 17.7. The molecule has 5 nitrogen and oxygen atoms in total. The molecule has 1 aliphatic carbocycles. The lowest BCUT2D eigenvalue weighted by Crippen LogP contribution is -2.51. The summed E-state index contributed by atoms with van der Waals surface area (Å²) >= 11 is 0. The molecule has 0 radical (unpaired) electrons. The smallest absolute Gasteiger partial charge is 0.234 e. The molecule has 138 valence electrons. The van der Waals surface area contributed by atoms with Gasteiger partial charge in [0.1, 0.15) is 0 Å². The average Bonchev–Trinajstić information content (AvgIpc) is 2.53. The van der Waals surface area contributed by atoms with E-state index in [1.54, 1.807) is 6.92 Å². The Balaban J connectivity index is 1.74. The summed E-state index contributed by atoms with van der Waals surface area (Å²) in [6.45, 7) is 10.4. The summed E-state index contributed by atoms with van der Waals surface area (Å²) in [5.74, 6) is 0.860. The Labute approximate surface area is 146 Å². The predicted octanol–water partition coefficient (Wildman–Crippen LogP) is 2.31. The molecule has 1 saturated carbocycles. The van der Waals surface area contributed by atoms with E-state index in [2.05, 4.69) is 31.4 Å². The number of amides is 2. The number of hydrogen-bond donors (Lipinski definition) is 2. The highest BCUT2D eigenvalue weighted by molar-refractivity contribution is 5.78. The van der Waals surface area contributed by atoms with E-state index >= 15 is 0 Å². The summed E-state index contributed by atoms with van der Waals surface area (Å²) < 4.78 is 0. The van der Waals surface area contributed by atoms with E-state index < -0.39 is 0 Å². The maximum atomic E-state index is 12.3. The van der Waals surface area contributed by atoms with E-state index in [0.29, 0.717) is 18.5 Å². The first-order valence-electron chi connectivity index (χ1n) is 9.55. The maximum absolute atomic E-state index is 12.3. The van der Waals surface area contributed by atoms with Crippen molar-refractivity contribution in [3.8, 4) is 0 Å². The minimum atomic E-state index is 0.0921. The number of carbonyl (C=O) groups excluding carboxylic acids is 2. The molecular formula is C19H35N3O2. The Kier molecular flexibility index (Phi) is 6.67. The van der Waals surface area contributed by atoms with Crippen LogP contribution >= 0.6 is 0 Å². The van der Waals surface area contributed by atoms with Crippen LogP contribution in [0.25, 0.3) is 0 Å². The number of hydrogen-bond acceptors (Lipinski definition) is 3. The van der Waals surface area contributed by atoms with Crippen molar-refractivity contribution in [3.05, 3.63) is 0 Å². The second-order valence-electron chi connectivity index (χ2n) is 8.59. The van der Waals surface area contributed by atoms with Crippen molar-refractivity contribution in [1.29, 1.82) is 0 Å². The second kappa shape index (κ2) is 8.32. The van der Waals surface area contributed by atoms with Crippen molar-refractivity contribution >= 4 is 11.8 Å². The van der Waals surface area contributed by atoms with E-state index in [9.17, 15) is 9.59 Å². The van der Waals surface area contributed by atoms with Gasteiger partial charge in [-0.3, -0.25) is 9.59 Å². The topological polar surface area (TPSA) is 61.4 Å². The van der Waals surface area contributed by atoms with Gasteiger partial charge >= 0.3 is 0 Å². The van der Waals surface area contributed by atoms with Gasteiger partial charge < -0.3 is 15.5 Å². The van der Waals surface area contributed by atoms with Gasteiger partial charge in [0.15, 0.2) is 0 Å². The molecule has 0 spiro atoms. The molecule has 5 heteroatoms. The van der Waals surface area contributed by atoms with E-state index in [-0.39, 0.29) is 23.3 Å². The van der Waals surface area contributed by atoms with Crippen molar-refractivity contribution in [2.45, 2.75) is 78.3 Å². The van der Waals surface area contributed by atoms with Crippen LogP contribution in [0.4, 0.5) is 0 Å². The zero-order valence-corrected chi connectivity index (χ0v) is 15.9. The Morgan fingerprint density at radius 1 is 1.04 bits per heavy atom. The lowest BCUT2D eigenvalue weighted by Gasteiger charge is -2.41. The first-order chi connectivity index (χ1) is 11.3. The van der Waals surface area contributed by atoms with Gasteiger partial charge in [-0.1, -0.05) is 33.6 Å². The lowest BCUT2D eigenvalue weighted by molar-refractivity contribution is -0.130. The lowest BCUT2D eigenvalue weighted by atomic mass is 9.69. The molecule has 0 aromatic rings. The normalized spacial score (nSPS) is 26.2. The zero-order valence-electron chi connectivity index (χ0n) is 15.9. The quantitative estimate of drug-likeness (QED) is 0.827. The van der Waals surface area contributed by atoms with E-state index in [1.807, 2.05) is 4.90 Å². The monoisotopic (exact) mass is 337 g/mol. The van der Waals surface area contributed by atoms with Gasteiger partial charge in [0.25, 0.3) is 0 Å². The summed E-state index contributed by atoms with van der Waals surface area (Å²) in [7, 11) is 0. The van der Waals surface area contributed by atoms with Crippen LogP contribution in [0.5, 0.6) is 0 Å². The Hall–Kier alpha value is -1.10. The van der Waals surface area contributed by atoms with Gasteiger partial charge in [-0.15, -0.1) is 0 Å². The molecule has 2 aliphatic rings. The van der Waals surface area contributed by atoms with Crippen LogP contribution in [0.2, 0.25) is 0 Å². The molecule has 1 saturated heterocycles. The predicted molar refractivity (Wildman–Crippen MR) is 96.6 cm³/mol. The highest BCUT2D eigenvalue weighted by atomic mass is 16.2. The molecule has 2 rings (SSSR count). The maximum Gasteiger partial charge on any atom is 0.234 e. The van der Waals surface area contributed by atoms with Crippen molar-refractivity contribution in [3.63, 3.8) is 0 Å². The Morgan fingerprint density at radius 3 is 2.25 bits per heavy atom. The average molecular weight is 338 g/mol. The Bertz CT molecular complexity index is 436. The van der Waals surface area contributed by atoms with Crippen LogP contribution < -0.4 is 10.6 Å². The van der Waals surface area contributed by atoms with Crippen LogP contribution in [-0.4, -0.2) is 48.4 Å². The molecule has 2 atom stereocenters. The van der Waals surface area contributed by atoms with Crippen LogP contribution in [0, 0.1) is 11.3 Å². The fourth-order valence-electron chi connectivity index (χ4n) is 4.25. The number of piperidine rings is 1. The van der Waals surface area contributed by atoms with E-state index in [1.165, 1.54) is 25.7 Å². The fourth-order valence-corrected chi connectivity index (χ4v) is 4.25. The second-order valence-corrected chi connectivity index (χ2v) is 8.59. The van der Waals surface area contributed by atoms with Gasteiger partial charge in [-0.2, -0.15) is 0 Å². The van der Waals surface area contributed by atoms with Crippen LogP contribution in [0.15, 0.2) is 0 Å². The van der Waals surface area contributed by atoms with Crippen LogP contribution in [0.3, 0.4) is 0 Å². The molecule has 2 N–H and O–H groups in total.